The molecule has 3 heterocycles. The fraction of sp³-hybridized carbons (Fsp3) is 0.583. The van der Waals surface area contributed by atoms with Gasteiger partial charge in [0.25, 0.3) is 0 Å². The number of likely N-dealkylation sites (tertiary alicyclic amines) is 2. The molecule has 6 nitrogen and oxygen atoms in total. The second-order valence-electron chi connectivity index (χ2n) is 8.79. The molecule has 1 aromatic heterocycles. The first-order valence-electron chi connectivity index (χ1n) is 11.5. The number of benzene rings is 1. The number of aliphatic imine (C=N–C) groups is 1. The van der Waals surface area contributed by atoms with Crippen LogP contribution in [0.2, 0.25) is 0 Å². The van der Waals surface area contributed by atoms with Crippen molar-refractivity contribution in [1.29, 1.82) is 0 Å². The fourth-order valence-corrected chi connectivity index (χ4v) is 4.78. The van der Waals surface area contributed by atoms with Crippen molar-refractivity contribution in [3.63, 3.8) is 0 Å². The van der Waals surface area contributed by atoms with E-state index in [-0.39, 0.29) is 0 Å². The van der Waals surface area contributed by atoms with Crippen molar-refractivity contribution in [2.24, 2.45) is 12.0 Å². The third-order valence-electron chi connectivity index (χ3n) is 6.44. The number of nitrogens with zero attached hydrogens (tertiary/aromatic N) is 5. The Morgan fingerprint density at radius 2 is 1.93 bits per heavy atom. The van der Waals surface area contributed by atoms with Crippen LogP contribution in [0.5, 0.6) is 0 Å². The molecule has 1 aromatic carbocycles. The summed E-state index contributed by atoms with van der Waals surface area (Å²) in [7, 11) is 3.87. The minimum atomic E-state index is 0.536. The third kappa shape index (κ3) is 5.42. The van der Waals surface area contributed by atoms with Crippen molar-refractivity contribution in [2.75, 3.05) is 33.2 Å². The van der Waals surface area contributed by atoms with Crippen molar-refractivity contribution in [3.05, 3.63) is 53.3 Å². The zero-order valence-electron chi connectivity index (χ0n) is 18.6. The summed E-state index contributed by atoms with van der Waals surface area (Å²) in [5.41, 5.74) is 4.08. The van der Waals surface area contributed by atoms with Crippen molar-refractivity contribution < 1.29 is 0 Å². The first-order valence-corrected chi connectivity index (χ1v) is 11.5. The molecule has 6 heteroatoms. The molecule has 0 aliphatic carbocycles. The molecule has 1 N–H and O–H groups in total. The molecule has 0 saturated carbocycles. The van der Waals surface area contributed by atoms with E-state index in [1.54, 1.807) is 0 Å². The first kappa shape index (κ1) is 20.9. The molecule has 2 aliphatic heterocycles. The standard InChI is InChI=1S/C24H36N6/c1-25-24(30-13-10-22(19-30)23-16-27-28(2)18-23)26-15-20-8-7-9-21(14-20)17-29-11-5-3-4-6-12-29/h7-9,14,16,18,22H,3-6,10-13,15,17,19H2,1-2H3,(H,25,26). The van der Waals surface area contributed by atoms with E-state index in [0.717, 1.165) is 38.6 Å². The summed E-state index contributed by atoms with van der Waals surface area (Å²) in [5.74, 6) is 1.54. The summed E-state index contributed by atoms with van der Waals surface area (Å²) in [6.45, 7) is 6.40. The van der Waals surface area contributed by atoms with Crippen molar-refractivity contribution in [3.8, 4) is 0 Å². The van der Waals surface area contributed by atoms with Gasteiger partial charge < -0.3 is 10.2 Å². The quantitative estimate of drug-likeness (QED) is 0.609. The fourth-order valence-electron chi connectivity index (χ4n) is 4.78. The topological polar surface area (TPSA) is 48.7 Å². The number of aryl methyl sites for hydroxylation is 1. The second-order valence-corrected chi connectivity index (χ2v) is 8.79. The molecule has 30 heavy (non-hydrogen) atoms. The van der Waals surface area contributed by atoms with Gasteiger partial charge in [0.15, 0.2) is 5.96 Å². The van der Waals surface area contributed by atoms with E-state index in [9.17, 15) is 0 Å². The number of guanidine groups is 1. The van der Waals surface area contributed by atoms with Crippen LogP contribution in [-0.4, -0.2) is 58.8 Å². The monoisotopic (exact) mass is 408 g/mol. The summed E-state index contributed by atoms with van der Waals surface area (Å²) < 4.78 is 1.89. The molecule has 2 aromatic rings. The zero-order chi connectivity index (χ0) is 20.8. The Kier molecular flexibility index (Phi) is 7.05. The van der Waals surface area contributed by atoms with Gasteiger partial charge in [0.1, 0.15) is 0 Å². The number of nitrogens with one attached hydrogen (secondary N) is 1. The van der Waals surface area contributed by atoms with Gasteiger partial charge in [0.2, 0.25) is 0 Å². The molecule has 2 aliphatic rings. The van der Waals surface area contributed by atoms with Crippen LogP contribution in [0.25, 0.3) is 0 Å². The SMILES string of the molecule is CN=C(NCc1cccc(CN2CCCCCC2)c1)N1CCC(c2cnn(C)c2)C1. The van der Waals surface area contributed by atoms with Gasteiger partial charge in [-0.25, -0.2) is 0 Å². The largest absolute Gasteiger partial charge is 0.352 e. The molecular weight excluding hydrogens is 372 g/mol. The second kappa shape index (κ2) is 10.1. The summed E-state index contributed by atoms with van der Waals surface area (Å²) in [6, 6.07) is 9.03. The molecule has 4 rings (SSSR count). The maximum atomic E-state index is 4.55. The molecule has 2 fully saturated rings. The lowest BCUT2D eigenvalue weighted by Crippen LogP contribution is -2.39. The van der Waals surface area contributed by atoms with Crippen molar-refractivity contribution >= 4 is 5.96 Å². The van der Waals surface area contributed by atoms with Crippen LogP contribution in [0.3, 0.4) is 0 Å². The highest BCUT2D eigenvalue weighted by molar-refractivity contribution is 5.80. The Morgan fingerprint density at radius 3 is 2.67 bits per heavy atom. The Hall–Kier alpha value is -2.34. The van der Waals surface area contributed by atoms with Gasteiger partial charge >= 0.3 is 0 Å². The Bertz CT molecular complexity index is 834. The van der Waals surface area contributed by atoms with Crippen LogP contribution < -0.4 is 5.32 Å². The van der Waals surface area contributed by atoms with E-state index in [0.29, 0.717) is 5.92 Å². The summed E-state index contributed by atoms with van der Waals surface area (Å²) in [4.78, 5) is 9.53. The molecule has 162 valence electrons. The van der Waals surface area contributed by atoms with E-state index in [4.69, 9.17) is 0 Å². The summed E-state index contributed by atoms with van der Waals surface area (Å²) in [6.07, 6.45) is 10.7. The van der Waals surface area contributed by atoms with Gasteiger partial charge in [0.05, 0.1) is 6.20 Å². The predicted octanol–water partition coefficient (Wildman–Crippen LogP) is 3.36. The Morgan fingerprint density at radius 1 is 1.13 bits per heavy atom. The predicted molar refractivity (Wildman–Crippen MR) is 123 cm³/mol. The van der Waals surface area contributed by atoms with Crippen LogP contribution in [0.15, 0.2) is 41.7 Å². The number of hydrogen-bond acceptors (Lipinski definition) is 3. The van der Waals surface area contributed by atoms with Gasteiger partial charge in [-0.1, -0.05) is 37.1 Å². The molecular formula is C24H36N6. The van der Waals surface area contributed by atoms with Gasteiger partial charge in [-0.05, 0) is 49.0 Å². The van der Waals surface area contributed by atoms with E-state index in [1.165, 1.54) is 55.5 Å². The minimum absolute atomic E-state index is 0.536. The Labute approximate surface area is 181 Å². The summed E-state index contributed by atoms with van der Waals surface area (Å²) in [5, 5.41) is 7.92. The Balaban J connectivity index is 1.31. The first-order chi connectivity index (χ1) is 14.7. The molecule has 2 saturated heterocycles. The van der Waals surface area contributed by atoms with Gasteiger partial charge in [-0.2, -0.15) is 5.10 Å². The molecule has 0 bridgehead atoms. The maximum Gasteiger partial charge on any atom is 0.193 e. The lowest BCUT2D eigenvalue weighted by Gasteiger charge is -2.22. The average molecular weight is 409 g/mol. The van der Waals surface area contributed by atoms with E-state index < -0.39 is 0 Å². The molecule has 1 atom stereocenters. The van der Waals surface area contributed by atoms with Crippen LogP contribution in [0, 0.1) is 0 Å². The van der Waals surface area contributed by atoms with Gasteiger partial charge in [-0.3, -0.25) is 14.6 Å². The highest BCUT2D eigenvalue weighted by Crippen LogP contribution is 2.26. The molecule has 1 unspecified atom stereocenters. The number of rotatable bonds is 5. The smallest absolute Gasteiger partial charge is 0.193 e. The van der Waals surface area contributed by atoms with Crippen LogP contribution in [-0.2, 0) is 20.1 Å². The molecule has 0 amide bonds. The molecule has 0 spiro atoms. The van der Waals surface area contributed by atoms with Crippen molar-refractivity contribution in [2.45, 2.75) is 51.1 Å². The minimum Gasteiger partial charge on any atom is -0.352 e. The zero-order valence-corrected chi connectivity index (χ0v) is 18.6. The van der Waals surface area contributed by atoms with E-state index in [1.807, 2.05) is 25.0 Å². The van der Waals surface area contributed by atoms with E-state index in [2.05, 4.69) is 55.7 Å². The van der Waals surface area contributed by atoms with E-state index >= 15 is 0 Å². The lowest BCUT2D eigenvalue weighted by molar-refractivity contribution is 0.277. The third-order valence-corrected chi connectivity index (χ3v) is 6.44. The summed E-state index contributed by atoms with van der Waals surface area (Å²) >= 11 is 0. The van der Waals surface area contributed by atoms with Gasteiger partial charge in [-0.15, -0.1) is 0 Å². The number of aromatic nitrogens is 2. The van der Waals surface area contributed by atoms with Crippen molar-refractivity contribution in [1.82, 2.24) is 24.9 Å². The normalized spacial score (nSPS) is 21.1. The van der Waals surface area contributed by atoms with Crippen LogP contribution in [0.1, 0.15) is 54.7 Å². The highest BCUT2D eigenvalue weighted by Gasteiger charge is 2.26. The number of hydrogen-bond donors (Lipinski definition) is 1. The average Bonchev–Trinajstić information content (AvgIpc) is 3.33. The lowest BCUT2D eigenvalue weighted by atomic mass is 10.0. The van der Waals surface area contributed by atoms with Gasteiger partial charge in [0, 0.05) is 52.4 Å². The highest BCUT2D eigenvalue weighted by atomic mass is 15.3. The van der Waals surface area contributed by atoms with Crippen LogP contribution in [0.4, 0.5) is 0 Å². The van der Waals surface area contributed by atoms with Crippen LogP contribution >= 0.6 is 0 Å². The molecule has 0 radical (unpaired) electrons. The maximum absolute atomic E-state index is 4.55.